The number of tetrazole rings is 1. The number of nitrogens with zero attached hydrogens (tertiary/aromatic N) is 5. The third-order valence-electron chi connectivity index (χ3n) is 6.10. The highest BCUT2D eigenvalue weighted by Crippen LogP contribution is 2.32. The Kier molecular flexibility index (Phi) is 8.31. The lowest BCUT2D eigenvalue weighted by Crippen LogP contribution is -2.55. The number of para-hydroxylation sites is 1. The first kappa shape index (κ1) is 24.3. The lowest BCUT2D eigenvalue weighted by atomic mass is 9.84. The lowest BCUT2D eigenvalue weighted by Gasteiger charge is -2.45. The Morgan fingerprint density at radius 2 is 1.81 bits per heavy atom. The van der Waals surface area contributed by atoms with E-state index < -0.39 is 0 Å². The summed E-state index contributed by atoms with van der Waals surface area (Å²) in [6, 6.07) is 16.5. The Bertz CT molecular complexity index is 995. The maximum Gasteiger partial charge on any atom is 0.346 e. The Hall–Kier alpha value is -2.39. The van der Waals surface area contributed by atoms with Crippen LogP contribution >= 0.6 is 24.8 Å². The topological polar surface area (TPSA) is 77.3 Å². The van der Waals surface area contributed by atoms with Crippen molar-refractivity contribution < 1.29 is 9.47 Å². The summed E-state index contributed by atoms with van der Waals surface area (Å²) in [5.41, 5.74) is 1.99. The van der Waals surface area contributed by atoms with E-state index in [0.717, 1.165) is 24.7 Å². The third-order valence-corrected chi connectivity index (χ3v) is 6.10. The molecule has 1 N–H and O–H groups in total. The van der Waals surface area contributed by atoms with Crippen molar-refractivity contribution in [2.24, 2.45) is 5.92 Å². The molecule has 2 aromatic carbocycles. The molecule has 3 aliphatic rings. The molecule has 32 heavy (non-hydrogen) atoms. The van der Waals surface area contributed by atoms with Gasteiger partial charge in [0, 0.05) is 19.1 Å². The van der Waals surface area contributed by atoms with Crippen LogP contribution in [0.3, 0.4) is 0 Å². The van der Waals surface area contributed by atoms with Crippen LogP contribution in [0.25, 0.3) is 5.69 Å². The summed E-state index contributed by atoms with van der Waals surface area (Å²) >= 11 is 0. The van der Waals surface area contributed by atoms with Crippen molar-refractivity contribution in [2.75, 3.05) is 26.7 Å². The van der Waals surface area contributed by atoms with Crippen LogP contribution in [-0.2, 0) is 6.54 Å². The molecule has 1 aromatic heterocycles. The summed E-state index contributed by atoms with van der Waals surface area (Å²) in [6.45, 7) is 4.48. The second kappa shape index (κ2) is 11.0. The Balaban J connectivity index is 0.00000144. The van der Waals surface area contributed by atoms with E-state index in [4.69, 9.17) is 9.47 Å². The molecule has 8 nitrogen and oxygen atoms in total. The number of halogens is 2. The maximum absolute atomic E-state index is 5.99. The van der Waals surface area contributed by atoms with Crippen molar-refractivity contribution in [3.8, 4) is 23.2 Å². The molecule has 6 rings (SSSR count). The number of fused-ring (bicyclic) bond motifs is 3. The number of benzene rings is 2. The minimum Gasteiger partial charge on any atom is -0.493 e. The van der Waals surface area contributed by atoms with Crippen molar-refractivity contribution in [1.82, 2.24) is 30.4 Å². The van der Waals surface area contributed by atoms with Gasteiger partial charge in [0.2, 0.25) is 0 Å². The molecule has 0 saturated carbocycles. The highest BCUT2D eigenvalue weighted by molar-refractivity contribution is 5.85. The summed E-state index contributed by atoms with van der Waals surface area (Å²) in [6.07, 6.45) is 2.62. The molecule has 0 aliphatic carbocycles. The highest BCUT2D eigenvalue weighted by Gasteiger charge is 2.33. The molecule has 10 heteroatoms. The standard InChI is InChI=1S/C22H26N6O2.2ClH/c1-29-21-13-16(14-23-19-15-27-11-9-17(19)10-12-27)7-8-20(21)30-22-24-25-26-28(22)18-5-3-2-4-6-18;;/h2-8,13,17,19,23H,9-12,14-15H2,1H3;2*1H. The van der Waals surface area contributed by atoms with Gasteiger partial charge in [-0.05, 0) is 72.1 Å². The van der Waals surface area contributed by atoms with Gasteiger partial charge in [-0.1, -0.05) is 29.4 Å². The lowest BCUT2D eigenvalue weighted by molar-refractivity contribution is 0.0720. The van der Waals surface area contributed by atoms with E-state index in [-0.39, 0.29) is 30.8 Å². The first-order chi connectivity index (χ1) is 14.8. The van der Waals surface area contributed by atoms with Gasteiger partial charge in [-0.15, -0.1) is 24.8 Å². The minimum absolute atomic E-state index is 0. The predicted octanol–water partition coefficient (Wildman–Crippen LogP) is 3.49. The Morgan fingerprint density at radius 1 is 1.03 bits per heavy atom. The van der Waals surface area contributed by atoms with E-state index in [9.17, 15) is 0 Å². The SMILES string of the molecule is COc1cc(CNC2CN3CCC2CC3)ccc1Oc1nnnn1-c1ccccc1.Cl.Cl. The molecule has 172 valence electrons. The van der Waals surface area contributed by atoms with Crippen molar-refractivity contribution >= 4 is 24.8 Å². The number of nitrogens with one attached hydrogen (secondary N) is 1. The molecular formula is C22H28Cl2N6O2. The highest BCUT2D eigenvalue weighted by atomic mass is 35.5. The molecule has 0 spiro atoms. The molecule has 3 fully saturated rings. The van der Waals surface area contributed by atoms with E-state index in [2.05, 4.69) is 31.8 Å². The van der Waals surface area contributed by atoms with Crippen LogP contribution in [-0.4, -0.2) is 57.9 Å². The summed E-state index contributed by atoms with van der Waals surface area (Å²) in [5, 5.41) is 15.5. The van der Waals surface area contributed by atoms with Crippen molar-refractivity contribution in [2.45, 2.75) is 25.4 Å². The average Bonchev–Trinajstić information content (AvgIpc) is 3.28. The zero-order valence-electron chi connectivity index (χ0n) is 17.9. The summed E-state index contributed by atoms with van der Waals surface area (Å²) in [5.74, 6) is 2.04. The van der Waals surface area contributed by atoms with Crippen LogP contribution in [0.4, 0.5) is 0 Å². The van der Waals surface area contributed by atoms with Gasteiger partial charge in [0.25, 0.3) is 0 Å². The number of rotatable bonds is 7. The van der Waals surface area contributed by atoms with Gasteiger partial charge in [-0.3, -0.25) is 0 Å². The fourth-order valence-electron chi connectivity index (χ4n) is 4.42. The van der Waals surface area contributed by atoms with Crippen molar-refractivity contribution in [1.29, 1.82) is 0 Å². The third kappa shape index (κ3) is 5.15. The van der Waals surface area contributed by atoms with Crippen LogP contribution in [0.5, 0.6) is 17.5 Å². The fraction of sp³-hybridized carbons (Fsp3) is 0.409. The Morgan fingerprint density at radius 3 is 2.50 bits per heavy atom. The number of ether oxygens (including phenoxy) is 2. The number of aromatic nitrogens is 4. The quantitative estimate of drug-likeness (QED) is 0.556. The molecule has 3 saturated heterocycles. The van der Waals surface area contributed by atoms with E-state index in [1.807, 2.05) is 42.5 Å². The van der Waals surface area contributed by atoms with Crippen molar-refractivity contribution in [3.05, 3.63) is 54.1 Å². The fourth-order valence-corrected chi connectivity index (χ4v) is 4.42. The number of hydrogen-bond donors (Lipinski definition) is 1. The molecule has 0 amide bonds. The zero-order chi connectivity index (χ0) is 20.3. The van der Waals surface area contributed by atoms with Crippen LogP contribution < -0.4 is 14.8 Å². The first-order valence-electron chi connectivity index (χ1n) is 10.4. The second-order valence-electron chi connectivity index (χ2n) is 7.92. The van der Waals surface area contributed by atoms with Gasteiger partial charge in [-0.2, -0.15) is 4.68 Å². The summed E-state index contributed by atoms with van der Waals surface area (Å²) in [7, 11) is 1.65. The van der Waals surface area contributed by atoms with E-state index in [1.54, 1.807) is 11.8 Å². The van der Waals surface area contributed by atoms with Gasteiger partial charge < -0.3 is 19.7 Å². The molecular weight excluding hydrogens is 451 g/mol. The molecule has 3 aromatic rings. The maximum atomic E-state index is 5.99. The van der Waals surface area contributed by atoms with Crippen LogP contribution in [0.2, 0.25) is 0 Å². The normalized spacial score (nSPS) is 21.3. The van der Waals surface area contributed by atoms with Gasteiger partial charge in [-0.25, -0.2) is 0 Å². The van der Waals surface area contributed by atoms with Gasteiger partial charge in [0.1, 0.15) is 0 Å². The Labute approximate surface area is 200 Å². The van der Waals surface area contributed by atoms with Gasteiger partial charge >= 0.3 is 6.01 Å². The van der Waals surface area contributed by atoms with Crippen molar-refractivity contribution in [3.63, 3.8) is 0 Å². The molecule has 1 atom stereocenters. The smallest absolute Gasteiger partial charge is 0.346 e. The monoisotopic (exact) mass is 478 g/mol. The van der Waals surface area contributed by atoms with E-state index in [1.165, 1.54) is 31.5 Å². The minimum atomic E-state index is 0. The van der Waals surface area contributed by atoms with E-state index in [0.29, 0.717) is 17.5 Å². The summed E-state index contributed by atoms with van der Waals surface area (Å²) < 4.78 is 13.1. The van der Waals surface area contributed by atoms with Crippen LogP contribution in [0.1, 0.15) is 18.4 Å². The molecule has 2 bridgehead atoms. The second-order valence-corrected chi connectivity index (χ2v) is 7.92. The molecule has 0 radical (unpaired) electrons. The average molecular weight is 479 g/mol. The van der Waals surface area contributed by atoms with E-state index >= 15 is 0 Å². The van der Waals surface area contributed by atoms with Crippen LogP contribution in [0.15, 0.2) is 48.5 Å². The summed E-state index contributed by atoms with van der Waals surface area (Å²) in [4.78, 5) is 2.56. The molecule has 4 heterocycles. The first-order valence-corrected chi connectivity index (χ1v) is 10.4. The van der Waals surface area contributed by atoms with Gasteiger partial charge in [0.15, 0.2) is 11.5 Å². The van der Waals surface area contributed by atoms with Gasteiger partial charge in [0.05, 0.1) is 12.8 Å². The largest absolute Gasteiger partial charge is 0.493 e. The zero-order valence-corrected chi connectivity index (χ0v) is 19.5. The van der Waals surface area contributed by atoms with Crippen LogP contribution in [0, 0.1) is 5.92 Å². The number of methoxy groups -OCH3 is 1. The molecule has 1 unspecified atom stereocenters. The number of piperidine rings is 3. The molecule has 3 aliphatic heterocycles. The predicted molar refractivity (Wildman–Crippen MR) is 127 cm³/mol. The number of hydrogen-bond acceptors (Lipinski definition) is 7.